The molecule has 2 amide bonds. The van der Waals surface area contributed by atoms with Crippen molar-refractivity contribution in [1.82, 2.24) is 20.0 Å². The van der Waals surface area contributed by atoms with Crippen molar-refractivity contribution in [3.63, 3.8) is 0 Å². The first-order valence-electron chi connectivity index (χ1n) is 8.79. The van der Waals surface area contributed by atoms with E-state index in [4.69, 9.17) is 4.74 Å². The maximum atomic E-state index is 12.5. The van der Waals surface area contributed by atoms with Crippen LogP contribution in [0, 0.1) is 5.92 Å². The SMILES string of the molecule is COCCNC(=O)c1cc2n(n1)CCN(C(=O)CC1CCCC1)C2. The molecule has 0 bridgehead atoms. The van der Waals surface area contributed by atoms with E-state index in [1.807, 2.05) is 9.58 Å². The average Bonchev–Trinajstić information content (AvgIpc) is 3.23. The van der Waals surface area contributed by atoms with Crippen LogP contribution in [0.1, 0.15) is 48.3 Å². The molecule has 24 heavy (non-hydrogen) atoms. The Balaban J connectivity index is 1.57. The molecule has 0 spiro atoms. The van der Waals surface area contributed by atoms with Crippen molar-refractivity contribution in [2.75, 3.05) is 26.8 Å². The van der Waals surface area contributed by atoms with Crippen molar-refractivity contribution in [2.45, 2.75) is 45.2 Å². The number of methoxy groups -OCH3 is 1. The molecular formula is C17H26N4O3. The fourth-order valence-electron chi connectivity index (χ4n) is 3.54. The summed E-state index contributed by atoms with van der Waals surface area (Å²) in [7, 11) is 1.60. The quantitative estimate of drug-likeness (QED) is 0.793. The highest BCUT2D eigenvalue weighted by Gasteiger charge is 2.26. The minimum absolute atomic E-state index is 0.196. The number of hydrogen-bond acceptors (Lipinski definition) is 4. The number of fused-ring (bicyclic) bond motifs is 1. The summed E-state index contributed by atoms with van der Waals surface area (Å²) >= 11 is 0. The Morgan fingerprint density at radius 1 is 1.33 bits per heavy atom. The van der Waals surface area contributed by atoms with Gasteiger partial charge in [-0.2, -0.15) is 5.10 Å². The zero-order chi connectivity index (χ0) is 16.9. The average molecular weight is 334 g/mol. The highest BCUT2D eigenvalue weighted by Crippen LogP contribution is 2.28. The summed E-state index contributed by atoms with van der Waals surface area (Å²) in [5.74, 6) is 0.602. The lowest BCUT2D eigenvalue weighted by atomic mass is 10.0. The van der Waals surface area contributed by atoms with Gasteiger partial charge < -0.3 is 15.0 Å². The van der Waals surface area contributed by atoms with E-state index in [0.29, 0.717) is 50.8 Å². The molecule has 2 heterocycles. The summed E-state index contributed by atoms with van der Waals surface area (Å²) in [6, 6.07) is 1.79. The summed E-state index contributed by atoms with van der Waals surface area (Å²) in [5.41, 5.74) is 1.34. The summed E-state index contributed by atoms with van der Waals surface area (Å²) in [6.45, 7) is 2.80. The number of rotatable bonds is 6. The normalized spacial score (nSPS) is 17.8. The Kier molecular flexibility index (Phi) is 5.50. The van der Waals surface area contributed by atoms with Gasteiger partial charge in [0, 0.05) is 26.6 Å². The van der Waals surface area contributed by atoms with Gasteiger partial charge in [0.05, 0.1) is 25.4 Å². The fourth-order valence-corrected chi connectivity index (χ4v) is 3.54. The van der Waals surface area contributed by atoms with Crippen molar-refractivity contribution in [1.29, 1.82) is 0 Å². The number of amides is 2. The molecular weight excluding hydrogens is 308 g/mol. The number of nitrogens with zero attached hydrogens (tertiary/aromatic N) is 3. The van der Waals surface area contributed by atoms with Gasteiger partial charge in [0.15, 0.2) is 5.69 Å². The van der Waals surface area contributed by atoms with Crippen molar-refractivity contribution < 1.29 is 14.3 Å². The maximum Gasteiger partial charge on any atom is 0.271 e. The van der Waals surface area contributed by atoms with E-state index in [9.17, 15) is 9.59 Å². The Morgan fingerprint density at radius 2 is 2.12 bits per heavy atom. The molecule has 0 atom stereocenters. The summed E-state index contributed by atoms with van der Waals surface area (Å²) < 4.78 is 6.76. The maximum absolute atomic E-state index is 12.5. The lowest BCUT2D eigenvalue weighted by molar-refractivity contribution is -0.133. The predicted octanol–water partition coefficient (Wildman–Crippen LogP) is 1.18. The van der Waals surface area contributed by atoms with Crippen molar-refractivity contribution in [3.8, 4) is 0 Å². The van der Waals surface area contributed by atoms with Crippen LogP contribution >= 0.6 is 0 Å². The minimum atomic E-state index is -0.196. The third-order valence-corrected chi connectivity index (χ3v) is 4.91. The highest BCUT2D eigenvalue weighted by molar-refractivity contribution is 5.92. The van der Waals surface area contributed by atoms with Gasteiger partial charge in [-0.25, -0.2) is 0 Å². The van der Waals surface area contributed by atoms with Gasteiger partial charge in [-0.3, -0.25) is 14.3 Å². The number of carbonyl (C=O) groups is 2. The van der Waals surface area contributed by atoms with Crippen LogP contribution in [0.25, 0.3) is 0 Å². The molecule has 132 valence electrons. The van der Waals surface area contributed by atoms with Crippen LogP contribution in [0.2, 0.25) is 0 Å². The molecule has 1 fully saturated rings. The van der Waals surface area contributed by atoms with Gasteiger partial charge in [-0.05, 0) is 24.8 Å². The van der Waals surface area contributed by atoms with E-state index in [1.165, 1.54) is 25.7 Å². The number of hydrogen-bond donors (Lipinski definition) is 1. The van der Waals surface area contributed by atoms with Crippen molar-refractivity contribution >= 4 is 11.8 Å². The smallest absolute Gasteiger partial charge is 0.271 e. The van der Waals surface area contributed by atoms with Gasteiger partial charge in [0.2, 0.25) is 5.91 Å². The number of carbonyl (C=O) groups excluding carboxylic acids is 2. The molecule has 1 aromatic rings. The van der Waals surface area contributed by atoms with E-state index in [0.717, 1.165) is 5.69 Å². The Bertz CT molecular complexity index is 593. The van der Waals surface area contributed by atoms with Crippen LogP contribution in [-0.2, 0) is 22.6 Å². The molecule has 1 aromatic heterocycles. The second-order valence-corrected chi connectivity index (χ2v) is 6.66. The molecule has 2 aliphatic rings. The fraction of sp³-hybridized carbons (Fsp3) is 0.706. The number of ether oxygens (including phenoxy) is 1. The molecule has 3 rings (SSSR count). The second-order valence-electron chi connectivity index (χ2n) is 6.66. The number of nitrogens with one attached hydrogen (secondary N) is 1. The molecule has 7 heteroatoms. The van der Waals surface area contributed by atoms with Crippen LogP contribution in [0.4, 0.5) is 0 Å². The van der Waals surface area contributed by atoms with Crippen LogP contribution in [0.3, 0.4) is 0 Å². The molecule has 1 aliphatic heterocycles. The monoisotopic (exact) mass is 334 g/mol. The Labute approximate surface area is 142 Å². The molecule has 1 N–H and O–H groups in total. The van der Waals surface area contributed by atoms with E-state index < -0.39 is 0 Å². The summed E-state index contributed by atoms with van der Waals surface area (Å²) in [6.07, 6.45) is 5.55. The summed E-state index contributed by atoms with van der Waals surface area (Å²) in [5, 5.41) is 7.12. The standard InChI is InChI=1S/C17H26N4O3/c1-24-9-6-18-17(23)15-11-14-12-20(7-8-21(14)19-15)16(22)10-13-4-2-3-5-13/h11,13H,2-10,12H2,1H3,(H,18,23). The van der Waals surface area contributed by atoms with E-state index >= 15 is 0 Å². The summed E-state index contributed by atoms with van der Waals surface area (Å²) in [4.78, 5) is 26.4. The van der Waals surface area contributed by atoms with Gasteiger partial charge >= 0.3 is 0 Å². The van der Waals surface area contributed by atoms with Crippen molar-refractivity contribution in [2.24, 2.45) is 5.92 Å². The van der Waals surface area contributed by atoms with Gasteiger partial charge in [0.25, 0.3) is 5.91 Å². The first-order chi connectivity index (χ1) is 11.7. The lowest BCUT2D eigenvalue weighted by Gasteiger charge is -2.28. The zero-order valence-electron chi connectivity index (χ0n) is 14.3. The highest BCUT2D eigenvalue weighted by atomic mass is 16.5. The third-order valence-electron chi connectivity index (χ3n) is 4.91. The second kappa shape index (κ2) is 7.79. The largest absolute Gasteiger partial charge is 0.383 e. The third kappa shape index (κ3) is 3.95. The molecule has 0 unspecified atom stereocenters. The first kappa shape index (κ1) is 17.0. The minimum Gasteiger partial charge on any atom is -0.383 e. The van der Waals surface area contributed by atoms with Crippen molar-refractivity contribution in [3.05, 3.63) is 17.5 Å². The van der Waals surface area contributed by atoms with E-state index in [2.05, 4.69) is 10.4 Å². The van der Waals surface area contributed by atoms with Crippen LogP contribution in [0.5, 0.6) is 0 Å². The molecule has 7 nitrogen and oxygen atoms in total. The molecule has 1 saturated carbocycles. The lowest BCUT2D eigenvalue weighted by Crippen LogP contribution is -2.39. The first-order valence-corrected chi connectivity index (χ1v) is 8.79. The topological polar surface area (TPSA) is 76.5 Å². The Hall–Kier alpha value is -1.89. The van der Waals surface area contributed by atoms with E-state index in [1.54, 1.807) is 13.2 Å². The van der Waals surface area contributed by atoms with E-state index in [-0.39, 0.29) is 11.8 Å². The molecule has 0 radical (unpaired) electrons. The van der Waals surface area contributed by atoms with Gasteiger partial charge in [-0.1, -0.05) is 12.8 Å². The Morgan fingerprint density at radius 3 is 2.88 bits per heavy atom. The van der Waals surface area contributed by atoms with Gasteiger partial charge in [-0.15, -0.1) is 0 Å². The number of aromatic nitrogens is 2. The van der Waals surface area contributed by atoms with Crippen LogP contribution in [-0.4, -0.2) is 53.3 Å². The molecule has 1 aliphatic carbocycles. The molecule has 0 saturated heterocycles. The predicted molar refractivity (Wildman–Crippen MR) is 88.4 cm³/mol. The zero-order valence-corrected chi connectivity index (χ0v) is 14.3. The van der Waals surface area contributed by atoms with Crippen LogP contribution < -0.4 is 5.32 Å². The molecule has 0 aromatic carbocycles. The van der Waals surface area contributed by atoms with Gasteiger partial charge in [0.1, 0.15) is 0 Å². The van der Waals surface area contributed by atoms with Crippen LogP contribution in [0.15, 0.2) is 6.07 Å².